The minimum atomic E-state index is -0.754. The van der Waals surface area contributed by atoms with Gasteiger partial charge in [0.2, 0.25) is 0 Å². The van der Waals surface area contributed by atoms with Gasteiger partial charge in [-0.3, -0.25) is 0 Å². The summed E-state index contributed by atoms with van der Waals surface area (Å²) in [7, 11) is 0. The van der Waals surface area contributed by atoms with Crippen LogP contribution in [0.3, 0.4) is 0 Å². The maximum absolute atomic E-state index is 13.8. The summed E-state index contributed by atoms with van der Waals surface area (Å²) in [6, 6.07) is 0.236. The van der Waals surface area contributed by atoms with E-state index in [1.165, 1.54) is 0 Å². The highest BCUT2D eigenvalue weighted by Gasteiger charge is 2.32. The Bertz CT molecular complexity index is 468. The normalized spacial score (nSPS) is 19.3. The van der Waals surface area contributed by atoms with Crippen molar-refractivity contribution in [2.75, 3.05) is 18.1 Å². The number of pyridine rings is 1. The second-order valence-corrected chi connectivity index (χ2v) is 4.42. The number of anilines is 1. The molecule has 0 saturated carbocycles. The maximum atomic E-state index is 13.8. The molecule has 0 aliphatic carbocycles. The maximum Gasteiger partial charge on any atom is 0.328 e. The van der Waals surface area contributed by atoms with E-state index in [1.54, 1.807) is 11.8 Å². The van der Waals surface area contributed by atoms with E-state index in [0.29, 0.717) is 13.0 Å². The van der Waals surface area contributed by atoms with E-state index in [4.69, 9.17) is 4.74 Å². The number of nitrogens with zero attached hydrogens (tertiary/aromatic N) is 2. The fourth-order valence-corrected chi connectivity index (χ4v) is 2.29. The lowest BCUT2D eigenvalue weighted by Gasteiger charge is -2.34. The number of carbonyl (C=O) groups is 1. The second-order valence-electron chi connectivity index (χ2n) is 4.42. The van der Waals surface area contributed by atoms with Gasteiger partial charge in [-0.15, -0.1) is 0 Å². The van der Waals surface area contributed by atoms with Crippen LogP contribution in [0.1, 0.15) is 26.2 Å². The number of ether oxygens (including phenoxy) is 1. The lowest BCUT2D eigenvalue weighted by molar-refractivity contribution is -0.145. The molecule has 1 aromatic heterocycles. The first kappa shape index (κ1) is 13.7. The number of piperidine rings is 1. The summed E-state index contributed by atoms with van der Waals surface area (Å²) in [5.74, 6) is -1.85. The lowest BCUT2D eigenvalue weighted by Crippen LogP contribution is -2.46. The molecule has 0 bridgehead atoms. The molecule has 1 unspecified atom stereocenters. The molecule has 19 heavy (non-hydrogen) atoms. The molecule has 1 atom stereocenters. The molecule has 6 heteroatoms. The predicted octanol–water partition coefficient (Wildman–Crippen LogP) is 2.28. The molecule has 0 amide bonds. The Kier molecular flexibility index (Phi) is 4.29. The Morgan fingerprint density at radius 3 is 3.00 bits per heavy atom. The Morgan fingerprint density at radius 1 is 1.53 bits per heavy atom. The summed E-state index contributed by atoms with van der Waals surface area (Å²) in [4.78, 5) is 17.2. The van der Waals surface area contributed by atoms with Gasteiger partial charge < -0.3 is 9.64 Å². The van der Waals surface area contributed by atoms with Crippen molar-refractivity contribution in [2.24, 2.45) is 0 Å². The van der Waals surface area contributed by atoms with Gasteiger partial charge in [0.15, 0.2) is 11.6 Å². The largest absolute Gasteiger partial charge is 0.464 e. The smallest absolute Gasteiger partial charge is 0.328 e. The third-order valence-corrected chi connectivity index (χ3v) is 3.12. The Balaban J connectivity index is 2.26. The molecule has 2 rings (SSSR count). The molecule has 0 N–H and O–H groups in total. The molecule has 1 aromatic rings. The van der Waals surface area contributed by atoms with Crippen LogP contribution in [-0.2, 0) is 9.53 Å². The van der Waals surface area contributed by atoms with Crippen molar-refractivity contribution in [1.29, 1.82) is 0 Å². The van der Waals surface area contributed by atoms with E-state index in [1.807, 2.05) is 0 Å². The van der Waals surface area contributed by atoms with Crippen LogP contribution in [0.2, 0.25) is 0 Å². The fourth-order valence-electron chi connectivity index (χ4n) is 2.29. The van der Waals surface area contributed by atoms with Crippen LogP contribution in [0, 0.1) is 11.6 Å². The topological polar surface area (TPSA) is 42.4 Å². The van der Waals surface area contributed by atoms with Crippen molar-refractivity contribution in [3.05, 3.63) is 23.9 Å². The summed E-state index contributed by atoms with van der Waals surface area (Å²) in [6.07, 6.45) is 3.27. The Morgan fingerprint density at radius 2 is 2.32 bits per heavy atom. The first-order valence-corrected chi connectivity index (χ1v) is 6.37. The highest BCUT2D eigenvalue weighted by molar-refractivity contribution is 5.80. The monoisotopic (exact) mass is 270 g/mol. The minimum Gasteiger partial charge on any atom is -0.464 e. The van der Waals surface area contributed by atoms with Gasteiger partial charge in [-0.25, -0.2) is 18.6 Å². The number of esters is 1. The summed E-state index contributed by atoms with van der Waals surface area (Å²) in [5, 5.41) is 0. The number of carbonyl (C=O) groups excluding carboxylic acids is 1. The molecule has 104 valence electrons. The van der Waals surface area contributed by atoms with Gasteiger partial charge >= 0.3 is 5.97 Å². The summed E-state index contributed by atoms with van der Waals surface area (Å²) >= 11 is 0. The van der Waals surface area contributed by atoms with Crippen molar-refractivity contribution in [1.82, 2.24) is 4.98 Å². The molecule has 1 fully saturated rings. The highest BCUT2D eigenvalue weighted by atomic mass is 19.1. The molecule has 0 spiro atoms. The Hall–Kier alpha value is -1.72. The molecular formula is C13H16F2N2O2. The molecular weight excluding hydrogens is 254 g/mol. The number of hydrogen-bond donors (Lipinski definition) is 0. The predicted molar refractivity (Wildman–Crippen MR) is 65.8 cm³/mol. The van der Waals surface area contributed by atoms with Crippen LogP contribution < -0.4 is 4.90 Å². The van der Waals surface area contributed by atoms with Gasteiger partial charge in [0.05, 0.1) is 12.8 Å². The van der Waals surface area contributed by atoms with Gasteiger partial charge in [-0.1, -0.05) is 0 Å². The van der Waals surface area contributed by atoms with Crippen LogP contribution in [0.25, 0.3) is 0 Å². The number of aromatic nitrogens is 1. The van der Waals surface area contributed by atoms with Crippen molar-refractivity contribution < 1.29 is 18.3 Å². The van der Waals surface area contributed by atoms with Gasteiger partial charge in [-0.05, 0) is 26.2 Å². The van der Waals surface area contributed by atoms with Crippen LogP contribution in [-0.4, -0.2) is 30.1 Å². The van der Waals surface area contributed by atoms with Crippen molar-refractivity contribution in [3.8, 4) is 0 Å². The summed E-state index contributed by atoms with van der Waals surface area (Å²) in [6.45, 7) is 2.52. The number of halogens is 2. The second kappa shape index (κ2) is 5.95. The molecule has 1 aliphatic heterocycles. The van der Waals surface area contributed by atoms with Crippen LogP contribution in [0.4, 0.5) is 14.6 Å². The highest BCUT2D eigenvalue weighted by Crippen LogP contribution is 2.26. The quantitative estimate of drug-likeness (QED) is 0.790. The van der Waals surface area contributed by atoms with E-state index in [2.05, 4.69) is 4.98 Å². The van der Waals surface area contributed by atoms with Crippen LogP contribution in [0.5, 0.6) is 0 Å². The summed E-state index contributed by atoms with van der Waals surface area (Å²) < 4.78 is 31.6. The standard InChI is InChI=1S/C13H16F2N2O2/c1-2-19-13(18)11-5-3-4-6-17(11)12-10(15)7-9(14)8-16-12/h7-8,11H,2-6H2,1H3. The van der Waals surface area contributed by atoms with E-state index in [0.717, 1.165) is 25.1 Å². The van der Waals surface area contributed by atoms with E-state index in [9.17, 15) is 13.6 Å². The summed E-state index contributed by atoms with van der Waals surface area (Å²) in [5.41, 5.74) is 0. The zero-order chi connectivity index (χ0) is 13.8. The molecule has 2 heterocycles. The van der Waals surface area contributed by atoms with Crippen LogP contribution in [0.15, 0.2) is 12.3 Å². The third kappa shape index (κ3) is 3.00. The van der Waals surface area contributed by atoms with E-state index >= 15 is 0 Å². The lowest BCUT2D eigenvalue weighted by atomic mass is 10.0. The first-order valence-electron chi connectivity index (χ1n) is 6.37. The van der Waals surface area contributed by atoms with E-state index in [-0.39, 0.29) is 18.4 Å². The van der Waals surface area contributed by atoms with Gasteiger partial charge in [0.25, 0.3) is 0 Å². The average Bonchev–Trinajstić information content (AvgIpc) is 2.39. The number of rotatable bonds is 3. The molecule has 0 aromatic carbocycles. The van der Waals surface area contributed by atoms with Gasteiger partial charge in [0, 0.05) is 12.6 Å². The van der Waals surface area contributed by atoms with Crippen molar-refractivity contribution in [3.63, 3.8) is 0 Å². The third-order valence-electron chi connectivity index (χ3n) is 3.12. The molecule has 0 radical (unpaired) electrons. The molecule has 1 saturated heterocycles. The van der Waals surface area contributed by atoms with Gasteiger partial charge in [0.1, 0.15) is 11.9 Å². The zero-order valence-electron chi connectivity index (χ0n) is 10.7. The van der Waals surface area contributed by atoms with E-state index < -0.39 is 17.7 Å². The minimum absolute atomic E-state index is 0.0131. The zero-order valence-corrected chi connectivity index (χ0v) is 10.7. The SMILES string of the molecule is CCOC(=O)C1CCCCN1c1ncc(F)cc1F. The molecule has 4 nitrogen and oxygen atoms in total. The Labute approximate surface area is 110 Å². The fraction of sp³-hybridized carbons (Fsp3) is 0.538. The number of hydrogen-bond acceptors (Lipinski definition) is 4. The van der Waals surface area contributed by atoms with Gasteiger partial charge in [-0.2, -0.15) is 0 Å². The average molecular weight is 270 g/mol. The van der Waals surface area contributed by atoms with Crippen LogP contribution >= 0.6 is 0 Å². The van der Waals surface area contributed by atoms with Crippen molar-refractivity contribution >= 4 is 11.8 Å². The van der Waals surface area contributed by atoms with Crippen molar-refractivity contribution in [2.45, 2.75) is 32.2 Å². The first-order chi connectivity index (χ1) is 9.13. The molecule has 1 aliphatic rings.